The first-order valence-corrected chi connectivity index (χ1v) is 5.23. The summed E-state index contributed by atoms with van der Waals surface area (Å²) in [5.41, 5.74) is 0. The smallest absolute Gasteiger partial charge is 0.219 e. The van der Waals surface area contributed by atoms with E-state index in [1.807, 2.05) is 4.90 Å². The molecule has 74 valence electrons. The minimum Gasteiger partial charge on any atom is -0.337 e. The van der Waals surface area contributed by atoms with E-state index < -0.39 is 0 Å². The average molecular weight is 182 g/mol. The van der Waals surface area contributed by atoms with Crippen LogP contribution in [0.2, 0.25) is 0 Å². The number of hydrogen-bond donors (Lipinski definition) is 0. The summed E-state index contributed by atoms with van der Waals surface area (Å²) in [6.45, 7) is 7.19. The van der Waals surface area contributed by atoms with Gasteiger partial charge in [0, 0.05) is 32.1 Å². The van der Waals surface area contributed by atoms with E-state index in [2.05, 4.69) is 11.8 Å². The van der Waals surface area contributed by atoms with Gasteiger partial charge < -0.3 is 4.90 Å². The average Bonchev–Trinajstić information content (AvgIpc) is 2.62. The van der Waals surface area contributed by atoms with E-state index in [1.54, 1.807) is 6.92 Å². The van der Waals surface area contributed by atoms with Gasteiger partial charge in [0.15, 0.2) is 0 Å². The molecule has 2 atom stereocenters. The lowest BCUT2D eigenvalue weighted by molar-refractivity contribution is -0.131. The number of amides is 1. The van der Waals surface area contributed by atoms with Crippen molar-refractivity contribution in [3.05, 3.63) is 0 Å². The summed E-state index contributed by atoms with van der Waals surface area (Å²) in [7, 11) is 0. The zero-order valence-electron chi connectivity index (χ0n) is 8.49. The van der Waals surface area contributed by atoms with Gasteiger partial charge in [-0.05, 0) is 19.4 Å². The lowest BCUT2D eigenvalue weighted by atomic mass is 10.2. The number of carbonyl (C=O) groups is 1. The van der Waals surface area contributed by atoms with Crippen molar-refractivity contribution < 1.29 is 4.79 Å². The third-order valence-electron chi connectivity index (χ3n) is 3.27. The fraction of sp³-hybridized carbons (Fsp3) is 0.900. The largest absolute Gasteiger partial charge is 0.337 e. The quantitative estimate of drug-likeness (QED) is 0.627. The Kier molecular flexibility index (Phi) is 2.28. The number of fused-ring (bicyclic) bond motifs is 2. The molecule has 2 aliphatic heterocycles. The number of piperazine rings is 1. The molecule has 0 aromatic carbocycles. The molecule has 2 heterocycles. The maximum Gasteiger partial charge on any atom is 0.219 e. The van der Waals surface area contributed by atoms with Crippen molar-refractivity contribution >= 4 is 5.91 Å². The molecule has 0 radical (unpaired) electrons. The summed E-state index contributed by atoms with van der Waals surface area (Å²) < 4.78 is 0. The molecule has 0 aliphatic carbocycles. The molecule has 0 saturated carbocycles. The summed E-state index contributed by atoms with van der Waals surface area (Å²) in [5.74, 6) is 0.253. The Balaban J connectivity index is 1.95. The summed E-state index contributed by atoms with van der Waals surface area (Å²) in [4.78, 5) is 15.8. The number of hydrogen-bond acceptors (Lipinski definition) is 2. The van der Waals surface area contributed by atoms with E-state index >= 15 is 0 Å². The van der Waals surface area contributed by atoms with Gasteiger partial charge in [-0.1, -0.05) is 6.92 Å². The summed E-state index contributed by atoms with van der Waals surface area (Å²) in [6, 6.07) is 1.18. The van der Waals surface area contributed by atoms with Gasteiger partial charge in [0.05, 0.1) is 0 Å². The van der Waals surface area contributed by atoms with Crippen LogP contribution in [0.3, 0.4) is 0 Å². The van der Waals surface area contributed by atoms with Crippen LogP contribution in [0.25, 0.3) is 0 Å². The fourth-order valence-corrected chi connectivity index (χ4v) is 2.70. The molecule has 0 unspecified atom stereocenters. The van der Waals surface area contributed by atoms with Crippen LogP contribution in [0.15, 0.2) is 0 Å². The lowest BCUT2D eigenvalue weighted by Gasteiger charge is -2.33. The van der Waals surface area contributed by atoms with Crippen LogP contribution in [-0.4, -0.2) is 47.4 Å². The first-order valence-electron chi connectivity index (χ1n) is 5.23. The van der Waals surface area contributed by atoms with Crippen LogP contribution in [0.4, 0.5) is 0 Å². The van der Waals surface area contributed by atoms with E-state index in [0.717, 1.165) is 13.1 Å². The Hall–Kier alpha value is -0.570. The molecule has 1 amide bonds. The third-order valence-corrected chi connectivity index (χ3v) is 3.27. The fourth-order valence-electron chi connectivity index (χ4n) is 2.70. The molecular weight excluding hydrogens is 164 g/mol. The Labute approximate surface area is 79.7 Å². The van der Waals surface area contributed by atoms with Gasteiger partial charge in [-0.15, -0.1) is 0 Å². The highest BCUT2D eigenvalue weighted by molar-refractivity contribution is 5.74. The highest BCUT2D eigenvalue weighted by Gasteiger charge is 2.43. The minimum absolute atomic E-state index is 0.253. The first-order chi connectivity index (χ1) is 6.22. The molecular formula is C10H18N2O. The molecule has 0 spiro atoms. The van der Waals surface area contributed by atoms with Crippen LogP contribution in [0.5, 0.6) is 0 Å². The van der Waals surface area contributed by atoms with Crippen molar-refractivity contribution in [2.24, 2.45) is 0 Å². The summed E-state index contributed by atoms with van der Waals surface area (Å²) in [6.07, 6.45) is 2.43. The molecule has 0 N–H and O–H groups in total. The number of likely N-dealkylation sites (tertiary alicyclic amines) is 2. The predicted octanol–water partition coefficient (Wildman–Crippen LogP) is 0.701. The highest BCUT2D eigenvalue weighted by Crippen LogP contribution is 2.30. The van der Waals surface area contributed by atoms with Crippen LogP contribution in [0.1, 0.15) is 26.7 Å². The van der Waals surface area contributed by atoms with E-state index in [4.69, 9.17) is 0 Å². The van der Waals surface area contributed by atoms with E-state index in [-0.39, 0.29) is 5.91 Å². The highest BCUT2D eigenvalue weighted by atomic mass is 16.2. The van der Waals surface area contributed by atoms with Crippen molar-refractivity contribution in [1.82, 2.24) is 9.80 Å². The Morgan fingerprint density at radius 1 is 1.38 bits per heavy atom. The molecule has 2 rings (SSSR count). The van der Waals surface area contributed by atoms with E-state index in [0.29, 0.717) is 12.1 Å². The van der Waals surface area contributed by atoms with E-state index in [1.165, 1.54) is 19.4 Å². The molecule has 2 aliphatic rings. The van der Waals surface area contributed by atoms with Gasteiger partial charge >= 0.3 is 0 Å². The van der Waals surface area contributed by atoms with Gasteiger partial charge in [0.2, 0.25) is 5.91 Å². The Morgan fingerprint density at radius 3 is 2.62 bits per heavy atom. The molecule has 0 aromatic rings. The minimum atomic E-state index is 0.253. The molecule has 2 bridgehead atoms. The summed E-state index contributed by atoms with van der Waals surface area (Å²) >= 11 is 0. The molecule has 2 fully saturated rings. The zero-order chi connectivity index (χ0) is 9.42. The standard InChI is InChI=1S/C10H18N2O/c1-3-4-11-6-10-5-9(11)7-12(10)8(2)13/h9-10H,3-7H2,1-2H3/t9-,10-/m0/s1. The number of carbonyl (C=O) groups excluding carboxylic acids is 1. The Morgan fingerprint density at radius 2 is 2.15 bits per heavy atom. The second kappa shape index (κ2) is 3.29. The van der Waals surface area contributed by atoms with Gasteiger partial charge in [-0.3, -0.25) is 9.69 Å². The monoisotopic (exact) mass is 182 g/mol. The maximum absolute atomic E-state index is 11.2. The maximum atomic E-state index is 11.2. The second-order valence-corrected chi connectivity index (χ2v) is 4.21. The van der Waals surface area contributed by atoms with Crippen molar-refractivity contribution in [1.29, 1.82) is 0 Å². The SMILES string of the molecule is CCCN1C[C@@H]2C[C@H]1CN2C(C)=O. The topological polar surface area (TPSA) is 23.6 Å². The van der Waals surface area contributed by atoms with Crippen molar-refractivity contribution in [3.8, 4) is 0 Å². The van der Waals surface area contributed by atoms with Crippen molar-refractivity contribution in [3.63, 3.8) is 0 Å². The van der Waals surface area contributed by atoms with Crippen molar-refractivity contribution in [2.75, 3.05) is 19.6 Å². The molecule has 13 heavy (non-hydrogen) atoms. The zero-order valence-corrected chi connectivity index (χ0v) is 8.49. The van der Waals surface area contributed by atoms with Crippen LogP contribution < -0.4 is 0 Å². The van der Waals surface area contributed by atoms with Gasteiger partial charge in [-0.25, -0.2) is 0 Å². The first kappa shape index (κ1) is 9.00. The normalized spacial score (nSPS) is 32.9. The molecule has 3 nitrogen and oxygen atoms in total. The molecule has 0 aromatic heterocycles. The molecule has 2 saturated heterocycles. The van der Waals surface area contributed by atoms with Crippen LogP contribution >= 0.6 is 0 Å². The number of rotatable bonds is 2. The Bertz CT molecular complexity index is 217. The number of nitrogens with zero attached hydrogens (tertiary/aromatic N) is 2. The predicted molar refractivity (Wildman–Crippen MR) is 51.4 cm³/mol. The molecule has 3 heteroatoms. The van der Waals surface area contributed by atoms with Crippen LogP contribution in [-0.2, 0) is 4.79 Å². The van der Waals surface area contributed by atoms with Crippen LogP contribution in [0, 0.1) is 0 Å². The second-order valence-electron chi connectivity index (χ2n) is 4.21. The van der Waals surface area contributed by atoms with Crippen molar-refractivity contribution in [2.45, 2.75) is 38.8 Å². The third kappa shape index (κ3) is 1.46. The van der Waals surface area contributed by atoms with Gasteiger partial charge in [-0.2, -0.15) is 0 Å². The van der Waals surface area contributed by atoms with E-state index in [9.17, 15) is 4.79 Å². The lowest BCUT2D eigenvalue weighted by Crippen LogP contribution is -2.48. The summed E-state index contributed by atoms with van der Waals surface area (Å²) in [5, 5.41) is 0. The van der Waals surface area contributed by atoms with Gasteiger partial charge in [0.25, 0.3) is 0 Å². The van der Waals surface area contributed by atoms with Gasteiger partial charge in [0.1, 0.15) is 0 Å².